The first-order valence-corrected chi connectivity index (χ1v) is 7.31. The quantitative estimate of drug-likeness (QED) is 0.833. The lowest BCUT2D eigenvalue weighted by Crippen LogP contribution is -2.07. The molecule has 2 unspecified atom stereocenters. The number of benzene rings is 1. The molecule has 0 bridgehead atoms. The molecule has 0 amide bonds. The number of aliphatic hydroxyl groups excluding tert-OH is 1. The van der Waals surface area contributed by atoms with E-state index in [4.69, 9.17) is 16.3 Å². The summed E-state index contributed by atoms with van der Waals surface area (Å²) in [6.45, 7) is 0. The van der Waals surface area contributed by atoms with Crippen molar-refractivity contribution in [2.45, 2.75) is 57.3 Å². The maximum absolute atomic E-state index is 9.39. The Hall–Kier alpha value is -0.570. The van der Waals surface area contributed by atoms with Gasteiger partial charge in [-0.2, -0.15) is 0 Å². The van der Waals surface area contributed by atoms with Crippen LogP contribution in [0.5, 0.6) is 0 Å². The maximum atomic E-state index is 9.39. The van der Waals surface area contributed by atoms with E-state index in [0.29, 0.717) is 0 Å². The van der Waals surface area contributed by atoms with Gasteiger partial charge in [0.15, 0.2) is 6.29 Å². The highest BCUT2D eigenvalue weighted by Crippen LogP contribution is 2.42. The van der Waals surface area contributed by atoms with Crippen LogP contribution in [0.2, 0.25) is 5.02 Å². The summed E-state index contributed by atoms with van der Waals surface area (Å²) in [6, 6.07) is 0. The Kier molecular flexibility index (Phi) is 2.48. The van der Waals surface area contributed by atoms with Crippen LogP contribution >= 0.6 is 11.6 Å². The van der Waals surface area contributed by atoms with Crippen LogP contribution in [-0.4, -0.2) is 17.5 Å². The minimum Gasteiger partial charge on any atom is -0.366 e. The zero-order valence-electron chi connectivity index (χ0n) is 10.3. The van der Waals surface area contributed by atoms with E-state index in [0.717, 1.165) is 37.1 Å². The third-order valence-electron chi connectivity index (χ3n) is 4.66. The highest BCUT2D eigenvalue weighted by Gasteiger charge is 2.39. The van der Waals surface area contributed by atoms with Crippen molar-refractivity contribution >= 4 is 11.6 Å². The number of hydrogen-bond acceptors (Lipinski definition) is 2. The molecule has 3 heteroatoms. The van der Waals surface area contributed by atoms with E-state index < -0.39 is 6.29 Å². The Labute approximate surface area is 112 Å². The van der Waals surface area contributed by atoms with Crippen LogP contribution in [0.25, 0.3) is 0 Å². The van der Waals surface area contributed by atoms with Gasteiger partial charge in [-0.3, -0.25) is 0 Å². The molecule has 1 heterocycles. The topological polar surface area (TPSA) is 32.8 Å². The Bertz CT molecular complexity index is 489. The van der Waals surface area contributed by atoms with Crippen molar-refractivity contribution in [2.75, 3.05) is 0 Å². The highest BCUT2D eigenvalue weighted by molar-refractivity contribution is 6.32. The van der Waals surface area contributed by atoms with Gasteiger partial charge in [0.25, 0.3) is 0 Å². The molecule has 1 fully saturated rings. The largest absolute Gasteiger partial charge is 0.366 e. The van der Waals surface area contributed by atoms with Crippen molar-refractivity contribution in [1.29, 1.82) is 0 Å². The second-order valence-corrected chi connectivity index (χ2v) is 6.06. The second kappa shape index (κ2) is 3.96. The Morgan fingerprint density at radius 1 is 1.00 bits per heavy atom. The number of epoxide rings is 1. The van der Waals surface area contributed by atoms with Crippen LogP contribution in [0, 0.1) is 0 Å². The molecule has 1 aromatic carbocycles. The van der Waals surface area contributed by atoms with Crippen molar-refractivity contribution in [3.05, 3.63) is 32.8 Å². The number of rotatable bonds is 2. The van der Waals surface area contributed by atoms with Crippen molar-refractivity contribution < 1.29 is 9.84 Å². The molecule has 2 nitrogen and oxygen atoms in total. The van der Waals surface area contributed by atoms with E-state index in [-0.39, 0.29) is 6.10 Å². The number of halogens is 1. The third-order valence-corrected chi connectivity index (χ3v) is 5.11. The predicted molar refractivity (Wildman–Crippen MR) is 70.1 cm³/mol. The fourth-order valence-corrected chi connectivity index (χ4v) is 4.15. The van der Waals surface area contributed by atoms with Gasteiger partial charge in [-0.1, -0.05) is 11.6 Å². The number of fused-ring (bicyclic) bond motifs is 2. The molecule has 1 saturated heterocycles. The smallest absolute Gasteiger partial charge is 0.182 e. The fourth-order valence-electron chi connectivity index (χ4n) is 3.73. The van der Waals surface area contributed by atoms with Crippen LogP contribution in [-0.2, 0) is 36.8 Å². The molecule has 3 aliphatic rings. The van der Waals surface area contributed by atoms with Crippen LogP contribution in [0.4, 0.5) is 0 Å². The van der Waals surface area contributed by atoms with Gasteiger partial charge < -0.3 is 9.84 Å². The highest BCUT2D eigenvalue weighted by atomic mass is 35.5. The number of ether oxygens (including phenoxy) is 1. The van der Waals surface area contributed by atoms with Crippen molar-refractivity contribution in [3.63, 3.8) is 0 Å². The van der Waals surface area contributed by atoms with Gasteiger partial charge in [0.1, 0.15) is 6.10 Å². The Balaban J connectivity index is 1.84. The molecule has 96 valence electrons. The fraction of sp³-hybridized carbons (Fsp3) is 0.600. The van der Waals surface area contributed by atoms with Crippen molar-refractivity contribution in [2.24, 2.45) is 0 Å². The van der Waals surface area contributed by atoms with Gasteiger partial charge in [0.2, 0.25) is 0 Å². The normalized spacial score (nSPS) is 28.3. The summed E-state index contributed by atoms with van der Waals surface area (Å²) in [5.74, 6) is 0. The summed E-state index contributed by atoms with van der Waals surface area (Å²) in [5, 5.41) is 10.4. The van der Waals surface area contributed by atoms with Crippen LogP contribution in [0.3, 0.4) is 0 Å². The average molecular weight is 265 g/mol. The maximum Gasteiger partial charge on any atom is 0.182 e. The molecule has 0 radical (unpaired) electrons. The minimum absolute atomic E-state index is 0.0283. The molecule has 2 aliphatic carbocycles. The van der Waals surface area contributed by atoms with Crippen LogP contribution < -0.4 is 0 Å². The van der Waals surface area contributed by atoms with E-state index in [1.807, 2.05) is 0 Å². The van der Waals surface area contributed by atoms with Crippen molar-refractivity contribution in [3.8, 4) is 0 Å². The zero-order chi connectivity index (χ0) is 12.3. The summed E-state index contributed by atoms with van der Waals surface area (Å²) in [4.78, 5) is 0. The van der Waals surface area contributed by atoms with Gasteiger partial charge in [0.05, 0.1) is 0 Å². The first-order valence-electron chi connectivity index (χ1n) is 6.93. The van der Waals surface area contributed by atoms with Gasteiger partial charge in [0, 0.05) is 11.4 Å². The average Bonchev–Trinajstić information content (AvgIpc) is 2.85. The van der Waals surface area contributed by atoms with E-state index in [1.54, 1.807) is 0 Å². The summed E-state index contributed by atoms with van der Waals surface area (Å²) in [7, 11) is 0. The Morgan fingerprint density at radius 2 is 1.50 bits per heavy atom. The summed E-state index contributed by atoms with van der Waals surface area (Å²) >= 11 is 6.57. The monoisotopic (exact) mass is 264 g/mol. The molecule has 0 aromatic heterocycles. The second-order valence-electron chi connectivity index (χ2n) is 5.68. The minimum atomic E-state index is -0.533. The van der Waals surface area contributed by atoms with E-state index in [9.17, 15) is 5.11 Å². The van der Waals surface area contributed by atoms with Crippen LogP contribution in [0.1, 0.15) is 40.7 Å². The molecule has 1 aromatic rings. The molecule has 0 spiro atoms. The van der Waals surface area contributed by atoms with Gasteiger partial charge in [-0.05, 0) is 66.3 Å². The first kappa shape index (κ1) is 11.3. The molecular formula is C15H17ClO2. The Morgan fingerprint density at radius 3 is 2.00 bits per heavy atom. The van der Waals surface area contributed by atoms with Crippen LogP contribution in [0.15, 0.2) is 0 Å². The standard InChI is InChI=1S/C15H17ClO2/c16-14-10-5-1-3-8(10)12(7-13-15(17)18-13)9-4-2-6-11(9)14/h13,15,17H,1-7H2. The summed E-state index contributed by atoms with van der Waals surface area (Å²) in [6.07, 6.45) is 7.38. The molecule has 4 rings (SSSR count). The molecule has 1 N–H and O–H groups in total. The lowest BCUT2D eigenvalue weighted by molar-refractivity contribution is 0.156. The number of hydrogen-bond donors (Lipinski definition) is 1. The lowest BCUT2D eigenvalue weighted by Gasteiger charge is -2.16. The molecule has 0 saturated carbocycles. The molecular weight excluding hydrogens is 248 g/mol. The molecule has 2 atom stereocenters. The van der Waals surface area contributed by atoms with Gasteiger partial charge in [-0.25, -0.2) is 0 Å². The SMILES string of the molecule is OC1OC1Cc1c2c(c(Cl)c3c1CCC3)CCC2. The van der Waals surface area contributed by atoms with E-state index in [2.05, 4.69) is 0 Å². The van der Waals surface area contributed by atoms with Crippen molar-refractivity contribution in [1.82, 2.24) is 0 Å². The lowest BCUT2D eigenvalue weighted by atomic mass is 9.91. The molecule has 18 heavy (non-hydrogen) atoms. The summed E-state index contributed by atoms with van der Waals surface area (Å²) < 4.78 is 5.19. The third kappa shape index (κ3) is 1.56. The van der Waals surface area contributed by atoms with Gasteiger partial charge in [-0.15, -0.1) is 0 Å². The van der Waals surface area contributed by atoms with E-state index in [1.165, 1.54) is 40.7 Å². The van der Waals surface area contributed by atoms with Gasteiger partial charge >= 0.3 is 0 Å². The first-order chi connectivity index (χ1) is 8.75. The number of aliphatic hydroxyl groups is 1. The summed E-state index contributed by atoms with van der Waals surface area (Å²) in [5.41, 5.74) is 7.19. The van der Waals surface area contributed by atoms with E-state index >= 15 is 0 Å². The zero-order valence-corrected chi connectivity index (χ0v) is 11.1. The predicted octanol–water partition coefficient (Wildman–Crippen LogP) is 2.58. The molecule has 1 aliphatic heterocycles.